The summed E-state index contributed by atoms with van der Waals surface area (Å²) in [6.07, 6.45) is 3.12. The van der Waals surface area contributed by atoms with Gasteiger partial charge in [-0.1, -0.05) is 34.6 Å². The van der Waals surface area contributed by atoms with Gasteiger partial charge in [-0.2, -0.15) is 21.6 Å². The molecule has 0 heterocycles. The molecule has 26 heavy (non-hydrogen) atoms. The molecule has 0 bridgehead atoms. The molecular formula is C17H31F3O4SSi. The van der Waals surface area contributed by atoms with Gasteiger partial charge < -0.3 is 8.61 Å². The van der Waals surface area contributed by atoms with Gasteiger partial charge in [0.05, 0.1) is 0 Å². The second-order valence-electron chi connectivity index (χ2n) is 8.81. The largest absolute Gasteiger partial charge is 0.534 e. The molecule has 0 saturated heterocycles. The zero-order valence-electron chi connectivity index (χ0n) is 16.7. The van der Waals surface area contributed by atoms with E-state index >= 15 is 0 Å². The Bertz CT molecular complexity index is 635. The molecule has 0 spiro atoms. The Morgan fingerprint density at radius 2 is 1.81 bits per heavy atom. The molecule has 0 aliphatic heterocycles. The van der Waals surface area contributed by atoms with E-state index in [0.29, 0.717) is 19.4 Å². The maximum Gasteiger partial charge on any atom is 0.534 e. The second-order valence-corrected chi connectivity index (χ2v) is 15.2. The molecule has 1 aliphatic rings. The predicted octanol–water partition coefficient (Wildman–Crippen LogP) is 5.58. The van der Waals surface area contributed by atoms with E-state index in [1.54, 1.807) is 6.92 Å². The lowest BCUT2D eigenvalue weighted by molar-refractivity contribution is -0.0542. The molecule has 0 fully saturated rings. The second kappa shape index (κ2) is 7.47. The molecule has 2 atom stereocenters. The smallest absolute Gasteiger partial charge is 0.417 e. The van der Waals surface area contributed by atoms with E-state index in [1.165, 1.54) is 6.08 Å². The average molecular weight is 417 g/mol. The first-order valence-electron chi connectivity index (χ1n) is 8.79. The quantitative estimate of drug-likeness (QED) is 0.322. The summed E-state index contributed by atoms with van der Waals surface area (Å²) in [5.74, 6) is -0.138. The SMILES string of the molecule is C[C@@H]1CCC=C(OS(=O)(=O)C(F)(F)F)[C@@]1(C)CCO[Si](C)(C)C(C)(C)C. The molecule has 0 aromatic rings. The van der Waals surface area contributed by atoms with E-state index < -0.39 is 29.4 Å². The maximum absolute atomic E-state index is 12.7. The summed E-state index contributed by atoms with van der Waals surface area (Å²) < 4.78 is 71.8. The molecule has 0 aromatic heterocycles. The Morgan fingerprint density at radius 3 is 2.27 bits per heavy atom. The first-order valence-corrected chi connectivity index (χ1v) is 13.1. The Labute approximate surface area is 156 Å². The minimum atomic E-state index is -5.67. The van der Waals surface area contributed by atoms with Crippen LogP contribution in [0.1, 0.15) is 53.9 Å². The van der Waals surface area contributed by atoms with Crippen molar-refractivity contribution in [3.63, 3.8) is 0 Å². The summed E-state index contributed by atoms with van der Waals surface area (Å²) in [4.78, 5) is 0. The highest BCUT2D eigenvalue weighted by atomic mass is 32.2. The van der Waals surface area contributed by atoms with Crippen LogP contribution < -0.4 is 0 Å². The summed E-state index contributed by atoms with van der Waals surface area (Å²) in [5.41, 5.74) is -6.26. The normalized spacial score (nSPS) is 25.8. The fourth-order valence-electron chi connectivity index (χ4n) is 2.66. The Balaban J connectivity index is 2.98. The van der Waals surface area contributed by atoms with E-state index in [2.05, 4.69) is 38.0 Å². The van der Waals surface area contributed by atoms with Crippen LogP contribution in [0.5, 0.6) is 0 Å². The first-order chi connectivity index (χ1) is 11.4. The minimum Gasteiger partial charge on any atom is -0.417 e. The summed E-state index contributed by atoms with van der Waals surface area (Å²) in [6, 6.07) is 0. The highest BCUT2D eigenvalue weighted by Crippen LogP contribution is 2.47. The highest BCUT2D eigenvalue weighted by molar-refractivity contribution is 7.87. The summed E-state index contributed by atoms with van der Waals surface area (Å²) in [5, 5.41) is 0.0148. The Hall–Kier alpha value is -0.543. The number of halogens is 3. The fraction of sp³-hybridized carbons (Fsp3) is 0.882. The number of hydrogen-bond donors (Lipinski definition) is 0. The van der Waals surface area contributed by atoms with Gasteiger partial charge in [0.25, 0.3) is 0 Å². The van der Waals surface area contributed by atoms with Gasteiger partial charge in [0.15, 0.2) is 8.32 Å². The van der Waals surface area contributed by atoms with Crippen LogP contribution in [0, 0.1) is 11.3 Å². The topological polar surface area (TPSA) is 52.6 Å². The molecule has 0 saturated carbocycles. The lowest BCUT2D eigenvalue weighted by atomic mass is 9.69. The molecule has 154 valence electrons. The van der Waals surface area contributed by atoms with E-state index in [4.69, 9.17) is 4.43 Å². The predicted molar refractivity (Wildman–Crippen MR) is 98.4 cm³/mol. The Morgan fingerprint density at radius 1 is 1.27 bits per heavy atom. The maximum atomic E-state index is 12.7. The van der Waals surface area contributed by atoms with Crippen molar-refractivity contribution >= 4 is 18.4 Å². The van der Waals surface area contributed by atoms with Crippen molar-refractivity contribution in [1.29, 1.82) is 0 Å². The zero-order chi connectivity index (χ0) is 20.6. The van der Waals surface area contributed by atoms with Crippen molar-refractivity contribution in [2.24, 2.45) is 11.3 Å². The van der Waals surface area contributed by atoms with E-state index in [0.717, 1.165) is 6.42 Å². The molecule has 0 amide bonds. The molecule has 1 aliphatic carbocycles. The van der Waals surface area contributed by atoms with Crippen molar-refractivity contribution in [2.75, 3.05) is 6.61 Å². The molecule has 9 heteroatoms. The monoisotopic (exact) mass is 416 g/mol. The van der Waals surface area contributed by atoms with Crippen LogP contribution in [0.3, 0.4) is 0 Å². The molecule has 0 unspecified atom stereocenters. The summed E-state index contributed by atoms with van der Waals surface area (Å²) in [7, 11) is -7.67. The van der Waals surface area contributed by atoms with E-state index in [-0.39, 0.29) is 16.7 Å². The van der Waals surface area contributed by atoms with Crippen LogP contribution in [0.25, 0.3) is 0 Å². The minimum absolute atomic E-state index is 0.0148. The molecule has 0 radical (unpaired) electrons. The van der Waals surface area contributed by atoms with Crippen molar-refractivity contribution in [1.82, 2.24) is 0 Å². The highest BCUT2D eigenvalue weighted by Gasteiger charge is 2.51. The van der Waals surface area contributed by atoms with Gasteiger partial charge in [0.1, 0.15) is 5.76 Å². The standard InChI is InChI=1S/C17H31F3O4SSi/c1-13-9-8-10-14(24-25(21,22)17(18,19)20)16(13,5)11-12-23-26(6,7)15(2,3)4/h10,13H,8-9,11-12H2,1-7H3/t13-,16+/m1/s1. The third kappa shape index (κ3) is 5.04. The van der Waals surface area contributed by atoms with Gasteiger partial charge in [0.2, 0.25) is 0 Å². The molecule has 1 rings (SSSR count). The van der Waals surface area contributed by atoms with E-state index in [1.807, 2.05) is 6.92 Å². The molecule has 0 N–H and O–H groups in total. The van der Waals surface area contributed by atoms with Gasteiger partial charge in [-0.15, -0.1) is 0 Å². The number of rotatable bonds is 6. The fourth-order valence-corrected chi connectivity index (χ4v) is 4.29. The van der Waals surface area contributed by atoms with Crippen molar-refractivity contribution < 1.29 is 30.2 Å². The van der Waals surface area contributed by atoms with Gasteiger partial charge in [-0.3, -0.25) is 0 Å². The van der Waals surface area contributed by atoms with Crippen molar-refractivity contribution in [2.45, 2.75) is 77.5 Å². The number of hydrogen-bond acceptors (Lipinski definition) is 4. The zero-order valence-corrected chi connectivity index (χ0v) is 18.5. The average Bonchev–Trinajstić information content (AvgIpc) is 2.41. The van der Waals surface area contributed by atoms with Crippen LogP contribution in [-0.4, -0.2) is 28.9 Å². The van der Waals surface area contributed by atoms with Gasteiger partial charge >= 0.3 is 15.6 Å². The summed E-state index contributed by atoms with van der Waals surface area (Å²) in [6.45, 7) is 14.5. The van der Waals surface area contributed by atoms with Crippen molar-refractivity contribution in [3.05, 3.63) is 11.8 Å². The molecule has 4 nitrogen and oxygen atoms in total. The Kier molecular flexibility index (Phi) is 6.75. The van der Waals surface area contributed by atoms with Gasteiger partial charge in [-0.05, 0) is 49.4 Å². The molecule has 0 aromatic carbocycles. The van der Waals surface area contributed by atoms with Crippen LogP contribution in [-0.2, 0) is 18.7 Å². The first kappa shape index (κ1) is 23.5. The van der Waals surface area contributed by atoms with E-state index in [9.17, 15) is 21.6 Å². The van der Waals surface area contributed by atoms with Gasteiger partial charge in [-0.25, -0.2) is 0 Å². The van der Waals surface area contributed by atoms with Crippen LogP contribution >= 0.6 is 0 Å². The van der Waals surface area contributed by atoms with Crippen LogP contribution in [0.15, 0.2) is 11.8 Å². The molecular weight excluding hydrogens is 385 g/mol. The lowest BCUT2D eigenvalue weighted by Crippen LogP contribution is -2.42. The van der Waals surface area contributed by atoms with Crippen LogP contribution in [0.4, 0.5) is 13.2 Å². The third-order valence-electron chi connectivity index (χ3n) is 5.95. The lowest BCUT2D eigenvalue weighted by Gasteiger charge is -2.42. The third-order valence-corrected chi connectivity index (χ3v) is 11.5. The number of allylic oxidation sites excluding steroid dienone is 2. The van der Waals surface area contributed by atoms with Crippen LogP contribution in [0.2, 0.25) is 18.1 Å². The van der Waals surface area contributed by atoms with Crippen molar-refractivity contribution in [3.8, 4) is 0 Å². The number of alkyl halides is 3. The van der Waals surface area contributed by atoms with Gasteiger partial charge in [0, 0.05) is 12.0 Å². The summed E-state index contributed by atoms with van der Waals surface area (Å²) >= 11 is 0.